The van der Waals surface area contributed by atoms with Crippen LogP contribution < -0.4 is 14.9 Å². The second kappa shape index (κ2) is 11.6. The molecule has 0 fully saturated rings. The first-order valence-corrected chi connectivity index (χ1v) is 10.5. The zero-order valence-electron chi connectivity index (χ0n) is 18.4. The van der Waals surface area contributed by atoms with Crippen molar-refractivity contribution < 1.29 is 29.1 Å². The summed E-state index contributed by atoms with van der Waals surface area (Å²) in [6.45, 7) is 0.0618. The van der Waals surface area contributed by atoms with E-state index in [1.165, 1.54) is 43.7 Å². The predicted molar refractivity (Wildman–Crippen MR) is 128 cm³/mol. The summed E-state index contributed by atoms with van der Waals surface area (Å²) in [5.41, 5.74) is 3.72. The first kappa shape index (κ1) is 25.2. The number of carboxylic acids is 1. The summed E-state index contributed by atoms with van der Waals surface area (Å²) in [4.78, 5) is 33.8. The van der Waals surface area contributed by atoms with Gasteiger partial charge in [0.1, 0.15) is 6.61 Å². The maximum Gasteiger partial charge on any atom is 0.335 e. The minimum atomic E-state index is -1.04. The van der Waals surface area contributed by atoms with E-state index in [-0.39, 0.29) is 40.6 Å². The Morgan fingerprint density at radius 1 is 1.17 bits per heavy atom. The fourth-order valence-electron chi connectivity index (χ4n) is 3.13. The third-order valence-corrected chi connectivity index (χ3v) is 5.03. The summed E-state index contributed by atoms with van der Waals surface area (Å²) in [6, 6.07) is 15.4. The van der Waals surface area contributed by atoms with Crippen molar-refractivity contribution in [2.24, 2.45) is 5.10 Å². The van der Waals surface area contributed by atoms with Gasteiger partial charge in [-0.05, 0) is 35.4 Å². The molecule has 0 heterocycles. The van der Waals surface area contributed by atoms with Crippen molar-refractivity contribution >= 4 is 35.4 Å². The molecular weight excluding hydrogens is 478 g/mol. The number of hydrogen-bond acceptors (Lipinski definition) is 7. The van der Waals surface area contributed by atoms with Crippen LogP contribution >= 0.6 is 11.6 Å². The van der Waals surface area contributed by atoms with E-state index in [0.29, 0.717) is 16.9 Å². The van der Waals surface area contributed by atoms with Crippen LogP contribution in [0.3, 0.4) is 0 Å². The van der Waals surface area contributed by atoms with Crippen molar-refractivity contribution in [1.29, 1.82) is 0 Å². The molecule has 0 aliphatic rings. The molecule has 0 saturated carbocycles. The van der Waals surface area contributed by atoms with Gasteiger partial charge < -0.3 is 14.6 Å². The number of carbonyl (C=O) groups is 2. The van der Waals surface area contributed by atoms with E-state index >= 15 is 0 Å². The van der Waals surface area contributed by atoms with E-state index in [9.17, 15) is 19.7 Å². The molecule has 2 N–H and O–H groups in total. The first-order valence-electron chi connectivity index (χ1n) is 10.1. The van der Waals surface area contributed by atoms with Crippen molar-refractivity contribution in [3.63, 3.8) is 0 Å². The smallest absolute Gasteiger partial charge is 0.335 e. The Bertz CT molecular complexity index is 1290. The largest absolute Gasteiger partial charge is 0.493 e. The fourth-order valence-corrected chi connectivity index (χ4v) is 3.41. The summed E-state index contributed by atoms with van der Waals surface area (Å²) in [5.74, 6) is -1.01. The number of para-hydroxylation sites is 1. The summed E-state index contributed by atoms with van der Waals surface area (Å²) in [6.07, 6.45) is 1.13. The quantitative estimate of drug-likeness (QED) is 0.242. The van der Waals surface area contributed by atoms with Crippen LogP contribution in [0.4, 0.5) is 5.69 Å². The van der Waals surface area contributed by atoms with Gasteiger partial charge >= 0.3 is 5.97 Å². The zero-order chi connectivity index (χ0) is 25.4. The molecule has 0 aliphatic heterocycles. The van der Waals surface area contributed by atoms with Gasteiger partial charge in [0.25, 0.3) is 5.69 Å². The van der Waals surface area contributed by atoms with Gasteiger partial charge in [0.2, 0.25) is 5.91 Å². The molecule has 10 nitrogen and oxygen atoms in total. The molecule has 0 bridgehead atoms. The van der Waals surface area contributed by atoms with Crippen LogP contribution in [0.15, 0.2) is 65.8 Å². The van der Waals surface area contributed by atoms with Gasteiger partial charge in [0, 0.05) is 11.6 Å². The summed E-state index contributed by atoms with van der Waals surface area (Å²) >= 11 is 6.35. The highest BCUT2D eigenvalue weighted by Gasteiger charge is 2.15. The van der Waals surface area contributed by atoms with Crippen LogP contribution in [0.5, 0.6) is 11.5 Å². The Labute approximate surface area is 204 Å². The SMILES string of the molecule is COc1cc(C=NNC(=O)Cc2ccccc2[N+](=O)[O-])cc(Cl)c1OCc1cccc(C(=O)O)c1. The number of nitrogens with one attached hydrogen (secondary N) is 1. The van der Waals surface area contributed by atoms with Crippen LogP contribution in [-0.2, 0) is 17.8 Å². The number of benzene rings is 3. The number of amides is 1. The molecule has 11 heteroatoms. The molecule has 0 unspecified atom stereocenters. The lowest BCUT2D eigenvalue weighted by Crippen LogP contribution is -2.20. The average Bonchev–Trinajstić information content (AvgIpc) is 2.83. The van der Waals surface area contributed by atoms with Crippen LogP contribution in [0.1, 0.15) is 27.0 Å². The van der Waals surface area contributed by atoms with Gasteiger partial charge in [0.15, 0.2) is 11.5 Å². The monoisotopic (exact) mass is 497 g/mol. The second-order valence-corrected chi connectivity index (χ2v) is 7.59. The molecule has 35 heavy (non-hydrogen) atoms. The fraction of sp³-hybridized carbons (Fsp3) is 0.125. The highest BCUT2D eigenvalue weighted by Crippen LogP contribution is 2.36. The highest BCUT2D eigenvalue weighted by molar-refractivity contribution is 6.32. The maximum absolute atomic E-state index is 12.2. The standard InChI is InChI=1S/C24H20ClN3O7/c1-34-21-11-16(13-26-27-22(29)12-17-6-2-3-8-20(17)28(32)33)10-19(25)23(21)35-14-15-5-4-7-18(9-15)24(30)31/h2-11,13H,12,14H2,1H3,(H,27,29)(H,30,31). The van der Waals surface area contributed by atoms with Crippen molar-refractivity contribution in [3.8, 4) is 11.5 Å². The highest BCUT2D eigenvalue weighted by atomic mass is 35.5. The Kier molecular flexibility index (Phi) is 8.36. The number of halogens is 1. The van der Waals surface area contributed by atoms with E-state index in [4.69, 9.17) is 26.2 Å². The molecule has 0 saturated heterocycles. The topological polar surface area (TPSA) is 140 Å². The molecule has 0 radical (unpaired) electrons. The number of nitro benzene ring substituents is 1. The van der Waals surface area contributed by atoms with E-state index in [1.54, 1.807) is 30.3 Å². The molecule has 3 aromatic rings. The van der Waals surface area contributed by atoms with E-state index in [0.717, 1.165) is 0 Å². The Hall–Kier alpha value is -4.44. The molecule has 0 aromatic heterocycles. The van der Waals surface area contributed by atoms with Gasteiger partial charge in [-0.1, -0.05) is 41.9 Å². The number of carboxylic acid groups (broad SMARTS) is 1. The van der Waals surface area contributed by atoms with E-state index < -0.39 is 16.8 Å². The number of nitro groups is 1. The number of methoxy groups -OCH3 is 1. The lowest BCUT2D eigenvalue weighted by atomic mass is 10.1. The number of nitrogens with zero attached hydrogens (tertiary/aromatic N) is 2. The van der Waals surface area contributed by atoms with E-state index in [1.807, 2.05) is 0 Å². The van der Waals surface area contributed by atoms with Gasteiger partial charge in [-0.25, -0.2) is 10.2 Å². The second-order valence-electron chi connectivity index (χ2n) is 7.18. The van der Waals surface area contributed by atoms with E-state index in [2.05, 4.69) is 10.5 Å². The van der Waals surface area contributed by atoms with Gasteiger partial charge in [-0.15, -0.1) is 0 Å². The maximum atomic E-state index is 12.2. The number of hydrogen-bond donors (Lipinski definition) is 2. The predicted octanol–water partition coefficient (Wildman–Crippen LogP) is 4.23. The Balaban J connectivity index is 1.66. The minimum Gasteiger partial charge on any atom is -0.493 e. The minimum absolute atomic E-state index is 0.0618. The molecule has 0 spiro atoms. The van der Waals surface area contributed by atoms with Crippen LogP contribution in [0, 0.1) is 10.1 Å². The summed E-state index contributed by atoms with van der Waals surface area (Å²) in [5, 5.41) is 24.3. The number of hydrazone groups is 1. The molecule has 1 amide bonds. The number of ether oxygens (including phenoxy) is 2. The molecular formula is C24H20ClN3O7. The summed E-state index contributed by atoms with van der Waals surface area (Å²) in [7, 11) is 1.43. The van der Waals surface area contributed by atoms with Crippen LogP contribution in [0.25, 0.3) is 0 Å². The molecule has 0 aliphatic carbocycles. The van der Waals surface area contributed by atoms with Crippen molar-refractivity contribution in [2.45, 2.75) is 13.0 Å². The average molecular weight is 498 g/mol. The first-order chi connectivity index (χ1) is 16.8. The van der Waals surface area contributed by atoms with Crippen LogP contribution in [-0.4, -0.2) is 35.2 Å². The molecule has 3 rings (SSSR count). The summed E-state index contributed by atoms with van der Waals surface area (Å²) < 4.78 is 11.1. The Morgan fingerprint density at radius 2 is 1.94 bits per heavy atom. The molecule has 3 aromatic carbocycles. The van der Waals surface area contributed by atoms with Crippen LogP contribution in [0.2, 0.25) is 5.02 Å². The van der Waals surface area contributed by atoms with Crippen molar-refractivity contribution in [2.75, 3.05) is 7.11 Å². The lowest BCUT2D eigenvalue weighted by Gasteiger charge is -2.13. The Morgan fingerprint density at radius 3 is 2.66 bits per heavy atom. The zero-order valence-corrected chi connectivity index (χ0v) is 19.2. The van der Waals surface area contributed by atoms with Crippen molar-refractivity contribution in [3.05, 3.63) is 98.1 Å². The number of carbonyl (C=O) groups excluding carboxylic acids is 1. The molecule has 180 valence electrons. The molecule has 0 atom stereocenters. The normalized spacial score (nSPS) is 10.7. The van der Waals surface area contributed by atoms with Crippen molar-refractivity contribution in [1.82, 2.24) is 5.43 Å². The number of rotatable bonds is 10. The van der Waals surface area contributed by atoms with Gasteiger partial charge in [0.05, 0.1) is 35.3 Å². The lowest BCUT2D eigenvalue weighted by molar-refractivity contribution is -0.385. The van der Waals surface area contributed by atoms with Gasteiger partial charge in [-0.3, -0.25) is 14.9 Å². The number of aromatic carboxylic acids is 1. The van der Waals surface area contributed by atoms with Gasteiger partial charge in [-0.2, -0.15) is 5.10 Å². The third kappa shape index (κ3) is 6.78. The third-order valence-electron chi connectivity index (χ3n) is 4.75.